The number of carbonyl (C=O) groups excluding carboxylic acids is 1. The zero-order chi connectivity index (χ0) is 57.0. The monoisotopic (exact) mass is 1120 g/mol. The van der Waals surface area contributed by atoms with Crippen LogP contribution < -0.4 is 10.2 Å². The summed E-state index contributed by atoms with van der Waals surface area (Å²) >= 11 is 0. The van der Waals surface area contributed by atoms with Crippen LogP contribution in [-0.2, 0) is 18.4 Å². The Balaban J connectivity index is 3.90. The number of quaternary nitrogens is 1. The predicted molar refractivity (Wildman–Crippen MR) is 339 cm³/mol. The number of likely N-dealkylation sites (N-methyl/N-ethyl adjacent to an activating group) is 1. The molecule has 0 aliphatic rings. The Labute approximate surface area is 487 Å². The Hall–Kier alpha value is -1.02. The van der Waals surface area contributed by atoms with Crippen LogP contribution >= 0.6 is 7.82 Å². The third-order valence-corrected chi connectivity index (χ3v) is 17.2. The summed E-state index contributed by atoms with van der Waals surface area (Å²) < 4.78 is 23.5. The molecule has 0 radical (unpaired) electrons. The fourth-order valence-electron chi connectivity index (χ4n) is 10.8. The van der Waals surface area contributed by atoms with Gasteiger partial charge in [0.05, 0.1) is 39.9 Å². The smallest absolute Gasteiger partial charge is 0.268 e. The summed E-state index contributed by atoms with van der Waals surface area (Å²) in [6.45, 7) is 4.78. The average molecular weight is 1120 g/mol. The molecule has 0 aliphatic heterocycles. The predicted octanol–water partition coefficient (Wildman–Crippen LogP) is 21.3. The van der Waals surface area contributed by atoms with Gasteiger partial charge < -0.3 is 28.8 Å². The molecule has 0 heterocycles. The number of nitrogens with zero attached hydrogens (tertiary/aromatic N) is 1. The lowest BCUT2D eigenvalue weighted by Gasteiger charge is -2.30. The van der Waals surface area contributed by atoms with Crippen molar-refractivity contribution in [2.75, 3.05) is 40.9 Å². The molecule has 0 bridgehead atoms. The molecule has 0 saturated heterocycles. The van der Waals surface area contributed by atoms with Gasteiger partial charge in [-0.05, 0) is 44.9 Å². The fourth-order valence-corrected chi connectivity index (χ4v) is 11.5. The van der Waals surface area contributed by atoms with Crippen molar-refractivity contribution in [1.29, 1.82) is 0 Å². The number of aliphatic hydroxyl groups is 1. The van der Waals surface area contributed by atoms with Crippen LogP contribution in [0.4, 0.5) is 0 Å². The zero-order valence-corrected chi connectivity index (χ0v) is 54.0. The summed E-state index contributed by atoms with van der Waals surface area (Å²) in [4.78, 5) is 25.6. The minimum absolute atomic E-state index is 0.0145. The first-order chi connectivity index (χ1) is 38.0. The average Bonchev–Trinajstić information content (AvgIpc) is 3.40. The molecule has 0 fully saturated rings. The van der Waals surface area contributed by atoms with Crippen molar-refractivity contribution in [2.45, 2.75) is 373 Å². The van der Waals surface area contributed by atoms with Crippen molar-refractivity contribution in [1.82, 2.24) is 5.32 Å². The number of nitrogens with one attached hydrogen (secondary N) is 1. The minimum Gasteiger partial charge on any atom is -0.756 e. The van der Waals surface area contributed by atoms with Gasteiger partial charge in [-0.25, -0.2) is 0 Å². The lowest BCUT2D eigenvalue weighted by molar-refractivity contribution is -0.870. The van der Waals surface area contributed by atoms with E-state index in [1.165, 1.54) is 289 Å². The summed E-state index contributed by atoms with van der Waals surface area (Å²) in [5.74, 6) is -0.158. The number of amides is 1. The Morgan fingerprint density at radius 1 is 0.449 bits per heavy atom. The molecule has 8 nitrogen and oxygen atoms in total. The summed E-state index contributed by atoms with van der Waals surface area (Å²) in [6, 6.07) is -0.799. The summed E-state index contributed by atoms with van der Waals surface area (Å²) in [5, 5.41) is 14.1. The molecule has 2 N–H and O–H groups in total. The van der Waals surface area contributed by atoms with Crippen LogP contribution in [0.15, 0.2) is 24.3 Å². The number of aliphatic hydroxyl groups excluding tert-OH is 1. The minimum atomic E-state index is -4.57. The third-order valence-electron chi connectivity index (χ3n) is 16.2. The quantitative estimate of drug-likeness (QED) is 0.0272. The molecular formula is C69H137N2O6P. The highest BCUT2D eigenvalue weighted by atomic mass is 31.2. The first kappa shape index (κ1) is 77.0. The van der Waals surface area contributed by atoms with Crippen LogP contribution in [0.2, 0.25) is 0 Å². The molecule has 464 valence electrons. The van der Waals surface area contributed by atoms with E-state index < -0.39 is 20.0 Å². The van der Waals surface area contributed by atoms with Crippen LogP contribution in [-0.4, -0.2) is 68.5 Å². The normalized spacial score (nSPS) is 13.8. The van der Waals surface area contributed by atoms with Crippen LogP contribution in [0.3, 0.4) is 0 Å². The highest BCUT2D eigenvalue weighted by Gasteiger charge is 2.24. The largest absolute Gasteiger partial charge is 0.756 e. The number of allylic oxidation sites excluding steroid dienone is 4. The molecule has 0 saturated carbocycles. The number of unbranched alkanes of at least 4 members (excludes halogenated alkanes) is 48. The second-order valence-electron chi connectivity index (χ2n) is 25.2. The summed E-state index contributed by atoms with van der Waals surface area (Å²) in [7, 11) is 1.32. The van der Waals surface area contributed by atoms with E-state index in [1.807, 2.05) is 21.1 Å². The molecule has 3 atom stereocenters. The molecule has 0 aromatic carbocycles. The Bertz CT molecular complexity index is 1320. The van der Waals surface area contributed by atoms with Gasteiger partial charge >= 0.3 is 0 Å². The van der Waals surface area contributed by atoms with Gasteiger partial charge in [0, 0.05) is 6.42 Å². The maximum Gasteiger partial charge on any atom is 0.268 e. The first-order valence-corrected chi connectivity index (χ1v) is 36.1. The van der Waals surface area contributed by atoms with Gasteiger partial charge in [-0.15, -0.1) is 0 Å². The molecule has 3 unspecified atom stereocenters. The number of phosphoric acid groups is 1. The molecule has 78 heavy (non-hydrogen) atoms. The third kappa shape index (κ3) is 62.6. The number of carbonyl (C=O) groups is 1. The van der Waals surface area contributed by atoms with Gasteiger partial charge in [-0.2, -0.15) is 0 Å². The van der Waals surface area contributed by atoms with Gasteiger partial charge in [-0.3, -0.25) is 9.36 Å². The first-order valence-electron chi connectivity index (χ1n) is 34.7. The second-order valence-corrected chi connectivity index (χ2v) is 26.7. The molecular weight excluding hydrogens is 984 g/mol. The van der Waals surface area contributed by atoms with Gasteiger partial charge in [0.25, 0.3) is 7.82 Å². The highest BCUT2D eigenvalue weighted by Crippen LogP contribution is 2.38. The maximum atomic E-state index is 13.0. The van der Waals surface area contributed by atoms with Gasteiger partial charge in [0.15, 0.2) is 0 Å². The highest BCUT2D eigenvalue weighted by molar-refractivity contribution is 7.45. The van der Waals surface area contributed by atoms with Crippen LogP contribution in [0.25, 0.3) is 0 Å². The van der Waals surface area contributed by atoms with Gasteiger partial charge in [0.2, 0.25) is 5.91 Å². The van der Waals surface area contributed by atoms with E-state index in [2.05, 4.69) is 43.5 Å². The number of hydrogen-bond donors (Lipinski definition) is 2. The fraction of sp³-hybridized carbons (Fsp3) is 0.928. The molecule has 0 spiro atoms. The molecule has 0 aliphatic carbocycles. The van der Waals surface area contributed by atoms with E-state index in [0.717, 1.165) is 44.9 Å². The van der Waals surface area contributed by atoms with Crippen molar-refractivity contribution in [3.63, 3.8) is 0 Å². The number of phosphoric ester groups is 1. The van der Waals surface area contributed by atoms with E-state index in [1.54, 1.807) is 0 Å². The van der Waals surface area contributed by atoms with E-state index in [9.17, 15) is 19.4 Å². The van der Waals surface area contributed by atoms with Crippen molar-refractivity contribution in [3.05, 3.63) is 24.3 Å². The summed E-state index contributed by atoms with van der Waals surface area (Å²) in [6.07, 6.45) is 78.4. The lowest BCUT2D eigenvalue weighted by Crippen LogP contribution is -2.46. The topological polar surface area (TPSA) is 108 Å². The SMILES string of the molecule is CCCCCCCCCCCCCCCCC/C=C\C/C=C\CCCCCCCCCCCCCCCCCCCC(=O)NC(COP(=O)([O-])OCC[N+](C)(C)C)C(O)CCCCCCCCCCCCCCCCCCC. The van der Waals surface area contributed by atoms with Gasteiger partial charge in [-0.1, -0.05) is 334 Å². The van der Waals surface area contributed by atoms with Crippen LogP contribution in [0, 0.1) is 0 Å². The number of rotatable bonds is 65. The Morgan fingerprint density at radius 3 is 1.06 bits per heavy atom. The molecule has 1 amide bonds. The Kier molecular flexibility index (Phi) is 59.8. The van der Waals surface area contributed by atoms with Crippen molar-refractivity contribution in [3.8, 4) is 0 Å². The standard InChI is InChI=1S/C69H137N2O6P/c1-6-8-10-12-14-16-18-20-22-24-25-26-27-28-29-30-31-32-33-34-35-36-37-38-39-40-41-42-43-44-45-47-49-51-53-55-57-59-61-63-69(73)70-67(66-77-78(74,75)76-65-64-71(3,4)5)68(72)62-60-58-56-54-52-50-48-46-23-21-19-17-15-13-11-9-7-2/h31-32,34-35,67-68,72H,6-30,33,36-66H2,1-5H3,(H-,70,73,74,75)/b32-31-,35-34-. The van der Waals surface area contributed by atoms with Crippen molar-refractivity contribution < 1.29 is 32.9 Å². The maximum absolute atomic E-state index is 13.0. The van der Waals surface area contributed by atoms with E-state index in [0.29, 0.717) is 23.9 Å². The van der Waals surface area contributed by atoms with Gasteiger partial charge in [0.1, 0.15) is 13.2 Å². The molecule has 0 rings (SSSR count). The zero-order valence-electron chi connectivity index (χ0n) is 53.2. The van der Waals surface area contributed by atoms with Crippen LogP contribution in [0.5, 0.6) is 0 Å². The van der Waals surface area contributed by atoms with E-state index in [-0.39, 0.29) is 19.1 Å². The second kappa shape index (κ2) is 60.6. The molecule has 0 aromatic rings. The Morgan fingerprint density at radius 2 is 0.744 bits per heavy atom. The van der Waals surface area contributed by atoms with E-state index in [4.69, 9.17) is 9.05 Å². The number of hydrogen-bond acceptors (Lipinski definition) is 6. The molecule has 9 heteroatoms. The lowest BCUT2D eigenvalue weighted by atomic mass is 10.0. The van der Waals surface area contributed by atoms with Crippen LogP contribution in [0.1, 0.15) is 361 Å². The van der Waals surface area contributed by atoms with E-state index >= 15 is 0 Å². The van der Waals surface area contributed by atoms with Crippen molar-refractivity contribution in [2.24, 2.45) is 0 Å². The molecule has 0 aromatic heterocycles. The summed E-state index contributed by atoms with van der Waals surface area (Å²) in [5.41, 5.74) is 0. The van der Waals surface area contributed by atoms with Crippen molar-refractivity contribution >= 4 is 13.7 Å².